The van der Waals surface area contributed by atoms with Crippen molar-refractivity contribution in [3.63, 3.8) is 0 Å². The second-order valence-electron chi connectivity index (χ2n) is 9.06. The largest absolute Gasteiger partial charge is 0.496 e. The Morgan fingerprint density at radius 2 is 1.36 bits per heavy atom. The van der Waals surface area contributed by atoms with Gasteiger partial charge in [-0.15, -0.1) is 0 Å². The highest BCUT2D eigenvalue weighted by Gasteiger charge is 2.34. The molecular formula is C27H36O. The fourth-order valence-electron chi connectivity index (χ4n) is 6.05. The quantitative estimate of drug-likeness (QED) is 0.515. The molecule has 0 spiro atoms. The van der Waals surface area contributed by atoms with Gasteiger partial charge in [-0.3, -0.25) is 0 Å². The molecule has 0 atom stereocenters. The maximum absolute atomic E-state index is 5.81. The molecule has 1 heteroatoms. The van der Waals surface area contributed by atoms with E-state index < -0.39 is 0 Å². The van der Waals surface area contributed by atoms with Gasteiger partial charge in [0.15, 0.2) is 0 Å². The lowest BCUT2D eigenvalue weighted by Crippen LogP contribution is -2.26. The Hall–Kier alpha value is -1.76. The molecule has 2 aliphatic rings. The van der Waals surface area contributed by atoms with Gasteiger partial charge in [-0.1, -0.05) is 74.9 Å². The lowest BCUT2D eigenvalue weighted by Gasteiger charge is -2.39. The Morgan fingerprint density at radius 1 is 0.750 bits per heavy atom. The predicted molar refractivity (Wildman–Crippen MR) is 119 cm³/mol. The Bertz CT molecular complexity index is 748. The highest BCUT2D eigenvalue weighted by molar-refractivity contribution is 5.77. The van der Waals surface area contributed by atoms with Crippen LogP contribution in [-0.4, -0.2) is 7.11 Å². The van der Waals surface area contributed by atoms with E-state index in [1.54, 1.807) is 12.7 Å². The van der Waals surface area contributed by atoms with Crippen LogP contribution in [-0.2, 0) is 0 Å². The minimum Gasteiger partial charge on any atom is -0.496 e. The van der Waals surface area contributed by atoms with Gasteiger partial charge >= 0.3 is 0 Å². The summed E-state index contributed by atoms with van der Waals surface area (Å²) in [4.78, 5) is 0. The van der Waals surface area contributed by atoms with Crippen molar-refractivity contribution in [3.05, 3.63) is 53.6 Å². The van der Waals surface area contributed by atoms with Crippen LogP contribution >= 0.6 is 0 Å². The van der Waals surface area contributed by atoms with E-state index in [0.29, 0.717) is 5.92 Å². The monoisotopic (exact) mass is 376 g/mol. The van der Waals surface area contributed by atoms with E-state index >= 15 is 0 Å². The van der Waals surface area contributed by atoms with Gasteiger partial charge < -0.3 is 4.74 Å². The second kappa shape index (κ2) is 9.16. The van der Waals surface area contributed by atoms with E-state index in [0.717, 1.165) is 17.6 Å². The lowest BCUT2D eigenvalue weighted by molar-refractivity contribution is 0.203. The van der Waals surface area contributed by atoms with E-state index in [-0.39, 0.29) is 0 Å². The average Bonchev–Trinajstić information content (AvgIpc) is 2.76. The molecule has 0 saturated heterocycles. The van der Waals surface area contributed by atoms with Crippen LogP contribution in [0.15, 0.2) is 42.5 Å². The van der Waals surface area contributed by atoms with Crippen LogP contribution < -0.4 is 4.74 Å². The standard InChI is InChI=1S/C27H36O/c1-20-12-11-19-25(28-2)26(20)23-17-9-10-18-24(23)27(21-13-5-3-6-14-21)22-15-7-4-8-16-22/h9-12,17-19,21-22,27H,3-8,13-16H2,1-2H3. The molecule has 4 rings (SSSR count). The zero-order valence-corrected chi connectivity index (χ0v) is 17.8. The molecule has 0 N–H and O–H groups in total. The average molecular weight is 377 g/mol. The van der Waals surface area contributed by atoms with Crippen molar-refractivity contribution in [1.82, 2.24) is 0 Å². The summed E-state index contributed by atoms with van der Waals surface area (Å²) in [5, 5.41) is 0. The van der Waals surface area contributed by atoms with Gasteiger partial charge in [-0.2, -0.15) is 0 Å². The molecule has 2 aliphatic carbocycles. The normalized spacial score (nSPS) is 19.1. The molecule has 28 heavy (non-hydrogen) atoms. The van der Waals surface area contributed by atoms with Crippen LogP contribution in [0.1, 0.15) is 81.3 Å². The first kappa shape index (κ1) is 19.6. The Balaban J connectivity index is 1.81. The summed E-state index contributed by atoms with van der Waals surface area (Å²) in [6, 6.07) is 15.7. The summed E-state index contributed by atoms with van der Waals surface area (Å²) in [6.07, 6.45) is 14.2. The van der Waals surface area contributed by atoms with Gasteiger partial charge in [0.2, 0.25) is 0 Å². The van der Waals surface area contributed by atoms with Crippen LogP contribution in [0.3, 0.4) is 0 Å². The molecule has 0 bridgehead atoms. The van der Waals surface area contributed by atoms with Gasteiger partial charge in [-0.25, -0.2) is 0 Å². The molecule has 2 fully saturated rings. The molecule has 0 aromatic heterocycles. The Labute approximate surface area is 171 Å². The fraction of sp³-hybridized carbons (Fsp3) is 0.556. The maximum atomic E-state index is 5.81. The summed E-state index contributed by atoms with van der Waals surface area (Å²) in [5.74, 6) is 3.43. The van der Waals surface area contributed by atoms with Crippen LogP contribution in [0.25, 0.3) is 11.1 Å². The Kier molecular flexibility index (Phi) is 6.40. The molecule has 0 heterocycles. The molecule has 0 radical (unpaired) electrons. The molecule has 2 aromatic carbocycles. The van der Waals surface area contributed by atoms with Crippen LogP contribution in [0, 0.1) is 18.8 Å². The second-order valence-corrected chi connectivity index (χ2v) is 9.06. The van der Waals surface area contributed by atoms with Gasteiger partial charge in [0.1, 0.15) is 5.75 Å². The molecule has 0 aliphatic heterocycles. The SMILES string of the molecule is COc1cccc(C)c1-c1ccccc1C(C1CCCCC1)C1CCCCC1. The highest BCUT2D eigenvalue weighted by atomic mass is 16.5. The molecule has 150 valence electrons. The van der Waals surface area contributed by atoms with Crippen LogP contribution in [0.4, 0.5) is 0 Å². The smallest absolute Gasteiger partial charge is 0.126 e. The van der Waals surface area contributed by atoms with E-state index in [1.165, 1.54) is 80.9 Å². The number of hydrogen-bond acceptors (Lipinski definition) is 1. The third kappa shape index (κ3) is 4.00. The number of benzene rings is 2. The zero-order valence-electron chi connectivity index (χ0n) is 17.8. The first-order chi connectivity index (χ1) is 13.8. The van der Waals surface area contributed by atoms with E-state index in [9.17, 15) is 0 Å². The van der Waals surface area contributed by atoms with Crippen LogP contribution in [0.2, 0.25) is 0 Å². The molecule has 0 unspecified atom stereocenters. The number of methoxy groups -OCH3 is 1. The summed E-state index contributed by atoms with van der Waals surface area (Å²) < 4.78 is 5.81. The van der Waals surface area contributed by atoms with E-state index in [2.05, 4.69) is 49.4 Å². The minimum absolute atomic E-state index is 0.709. The third-order valence-corrected chi connectivity index (χ3v) is 7.36. The molecular weight excluding hydrogens is 340 g/mol. The summed E-state index contributed by atoms with van der Waals surface area (Å²) in [5.41, 5.74) is 5.63. The Morgan fingerprint density at radius 3 is 1.96 bits per heavy atom. The van der Waals surface area contributed by atoms with Crippen LogP contribution in [0.5, 0.6) is 5.75 Å². The molecule has 2 aromatic rings. The molecule has 2 saturated carbocycles. The first-order valence-electron chi connectivity index (χ1n) is 11.5. The van der Waals surface area contributed by atoms with Crippen molar-refractivity contribution in [2.45, 2.75) is 77.0 Å². The van der Waals surface area contributed by atoms with Crippen molar-refractivity contribution in [2.24, 2.45) is 11.8 Å². The molecule has 1 nitrogen and oxygen atoms in total. The van der Waals surface area contributed by atoms with Gasteiger partial charge in [0.05, 0.1) is 7.11 Å². The maximum Gasteiger partial charge on any atom is 0.126 e. The number of hydrogen-bond donors (Lipinski definition) is 0. The van der Waals surface area contributed by atoms with Crippen molar-refractivity contribution in [3.8, 4) is 16.9 Å². The first-order valence-corrected chi connectivity index (χ1v) is 11.5. The number of ether oxygens (including phenoxy) is 1. The minimum atomic E-state index is 0.709. The van der Waals surface area contributed by atoms with E-state index in [1.807, 2.05) is 0 Å². The van der Waals surface area contributed by atoms with Crippen molar-refractivity contribution in [1.29, 1.82) is 0 Å². The van der Waals surface area contributed by atoms with Crippen molar-refractivity contribution < 1.29 is 4.74 Å². The van der Waals surface area contributed by atoms with E-state index in [4.69, 9.17) is 4.74 Å². The third-order valence-electron chi connectivity index (χ3n) is 7.36. The predicted octanol–water partition coefficient (Wildman–Crippen LogP) is 7.91. The summed E-state index contributed by atoms with van der Waals surface area (Å²) in [6.45, 7) is 2.23. The van der Waals surface area contributed by atoms with Gasteiger partial charge in [0.25, 0.3) is 0 Å². The topological polar surface area (TPSA) is 9.23 Å². The summed E-state index contributed by atoms with van der Waals surface area (Å²) in [7, 11) is 1.81. The van der Waals surface area contributed by atoms with Gasteiger partial charge in [0, 0.05) is 5.56 Å². The number of aryl methyl sites for hydroxylation is 1. The lowest BCUT2D eigenvalue weighted by atomic mass is 9.66. The number of rotatable bonds is 5. The molecule has 0 amide bonds. The van der Waals surface area contributed by atoms with Crippen molar-refractivity contribution in [2.75, 3.05) is 7.11 Å². The van der Waals surface area contributed by atoms with Crippen molar-refractivity contribution >= 4 is 0 Å². The summed E-state index contributed by atoms with van der Waals surface area (Å²) >= 11 is 0. The van der Waals surface area contributed by atoms with Gasteiger partial charge in [-0.05, 0) is 73.1 Å². The zero-order chi connectivity index (χ0) is 19.3. The highest BCUT2D eigenvalue weighted by Crippen LogP contribution is 2.49. The fourth-order valence-corrected chi connectivity index (χ4v) is 6.05.